The average molecular weight is 424 g/mol. The van der Waals surface area contributed by atoms with Gasteiger partial charge in [0.1, 0.15) is 12.1 Å². The van der Waals surface area contributed by atoms with E-state index < -0.39 is 23.5 Å². The SMILES string of the molecule is CCCC(C)(NC(=O)OCC1c2ccccc2-c2ccccc21)C(=O)NCCC(=O)O. The molecule has 0 saturated carbocycles. The second kappa shape index (κ2) is 9.64. The minimum atomic E-state index is -1.18. The number of carbonyl (C=O) groups is 3. The fourth-order valence-corrected chi connectivity index (χ4v) is 4.07. The predicted molar refractivity (Wildman–Crippen MR) is 117 cm³/mol. The molecule has 1 unspecified atom stereocenters. The van der Waals surface area contributed by atoms with Crippen molar-refractivity contribution in [2.24, 2.45) is 0 Å². The molecule has 0 aliphatic heterocycles. The number of hydrogen-bond acceptors (Lipinski definition) is 4. The van der Waals surface area contributed by atoms with Crippen LogP contribution in [0, 0.1) is 0 Å². The molecule has 1 atom stereocenters. The number of ether oxygens (including phenoxy) is 1. The first-order valence-corrected chi connectivity index (χ1v) is 10.5. The Morgan fingerprint density at radius 3 is 2.16 bits per heavy atom. The molecule has 0 saturated heterocycles. The van der Waals surface area contributed by atoms with Crippen LogP contribution in [0.3, 0.4) is 0 Å². The van der Waals surface area contributed by atoms with Crippen molar-refractivity contribution in [3.05, 3.63) is 59.7 Å². The van der Waals surface area contributed by atoms with E-state index in [1.807, 2.05) is 43.3 Å². The molecule has 7 nitrogen and oxygen atoms in total. The van der Waals surface area contributed by atoms with Gasteiger partial charge >= 0.3 is 12.1 Å². The van der Waals surface area contributed by atoms with Crippen LogP contribution in [0.25, 0.3) is 11.1 Å². The number of carboxylic acids is 1. The van der Waals surface area contributed by atoms with Crippen LogP contribution in [0.1, 0.15) is 50.2 Å². The van der Waals surface area contributed by atoms with E-state index in [4.69, 9.17) is 9.84 Å². The van der Waals surface area contributed by atoms with Crippen LogP contribution in [0.15, 0.2) is 48.5 Å². The number of fused-ring (bicyclic) bond motifs is 3. The van der Waals surface area contributed by atoms with Crippen LogP contribution in [0.5, 0.6) is 0 Å². The van der Waals surface area contributed by atoms with Crippen LogP contribution in [0.4, 0.5) is 4.79 Å². The van der Waals surface area contributed by atoms with Crippen molar-refractivity contribution in [2.45, 2.75) is 44.6 Å². The molecular weight excluding hydrogens is 396 g/mol. The number of benzene rings is 2. The molecule has 2 aromatic carbocycles. The lowest BCUT2D eigenvalue weighted by atomic mass is 9.95. The zero-order valence-corrected chi connectivity index (χ0v) is 17.8. The number of hydrogen-bond donors (Lipinski definition) is 3. The number of carbonyl (C=O) groups excluding carboxylic acids is 2. The Hall–Kier alpha value is -3.35. The fraction of sp³-hybridized carbons (Fsp3) is 0.375. The Bertz CT molecular complexity index is 928. The van der Waals surface area contributed by atoms with E-state index in [0.29, 0.717) is 12.8 Å². The lowest BCUT2D eigenvalue weighted by molar-refractivity contribution is -0.137. The number of carboxylic acid groups (broad SMARTS) is 1. The molecule has 0 fully saturated rings. The van der Waals surface area contributed by atoms with Crippen molar-refractivity contribution in [3.8, 4) is 11.1 Å². The second-order valence-electron chi connectivity index (χ2n) is 7.93. The molecule has 3 N–H and O–H groups in total. The number of rotatable bonds is 9. The predicted octanol–water partition coefficient (Wildman–Crippen LogP) is 3.67. The molecule has 7 heteroatoms. The second-order valence-corrected chi connectivity index (χ2v) is 7.93. The summed E-state index contributed by atoms with van der Waals surface area (Å²) in [5, 5.41) is 14.0. The maximum absolute atomic E-state index is 12.6. The molecule has 0 aromatic heterocycles. The van der Waals surface area contributed by atoms with Gasteiger partial charge in [0.15, 0.2) is 0 Å². The minimum absolute atomic E-state index is 0.000158. The van der Waals surface area contributed by atoms with Crippen molar-refractivity contribution >= 4 is 18.0 Å². The van der Waals surface area contributed by atoms with Crippen LogP contribution in [0.2, 0.25) is 0 Å². The Labute approximate surface area is 181 Å². The van der Waals surface area contributed by atoms with Gasteiger partial charge in [-0.3, -0.25) is 9.59 Å². The highest BCUT2D eigenvalue weighted by Crippen LogP contribution is 2.44. The summed E-state index contributed by atoms with van der Waals surface area (Å²) in [6, 6.07) is 16.1. The Morgan fingerprint density at radius 1 is 1.03 bits per heavy atom. The summed E-state index contributed by atoms with van der Waals surface area (Å²) in [5.41, 5.74) is 3.32. The molecule has 164 valence electrons. The van der Waals surface area contributed by atoms with E-state index in [0.717, 1.165) is 22.3 Å². The molecule has 3 rings (SSSR count). The zero-order valence-electron chi connectivity index (χ0n) is 17.8. The standard InChI is InChI=1S/C24H28N2O5/c1-3-13-24(2,22(29)25-14-12-21(27)28)26-23(30)31-15-20-18-10-6-4-8-16(18)17-9-5-7-11-19(17)20/h4-11,20H,3,12-15H2,1-2H3,(H,25,29)(H,26,30)(H,27,28). The van der Waals surface area contributed by atoms with E-state index in [1.165, 1.54) is 0 Å². The van der Waals surface area contributed by atoms with Crippen molar-refractivity contribution in [1.29, 1.82) is 0 Å². The van der Waals surface area contributed by atoms with Gasteiger partial charge < -0.3 is 20.5 Å². The smallest absolute Gasteiger partial charge is 0.408 e. The molecule has 2 amide bonds. The molecule has 2 aromatic rings. The van der Waals surface area contributed by atoms with Gasteiger partial charge in [0, 0.05) is 12.5 Å². The van der Waals surface area contributed by atoms with Gasteiger partial charge in [0.25, 0.3) is 0 Å². The Morgan fingerprint density at radius 2 is 1.61 bits per heavy atom. The van der Waals surface area contributed by atoms with Gasteiger partial charge in [-0.05, 0) is 35.6 Å². The summed E-state index contributed by atoms with van der Waals surface area (Å²) in [7, 11) is 0. The lowest BCUT2D eigenvalue weighted by Gasteiger charge is -2.29. The summed E-state index contributed by atoms with van der Waals surface area (Å²) in [6.45, 7) is 3.68. The normalized spacial score (nSPS) is 14.1. The fourth-order valence-electron chi connectivity index (χ4n) is 4.07. The topological polar surface area (TPSA) is 105 Å². The monoisotopic (exact) mass is 424 g/mol. The molecule has 1 aliphatic rings. The molecular formula is C24H28N2O5. The van der Waals surface area contributed by atoms with Crippen molar-refractivity contribution in [3.63, 3.8) is 0 Å². The third-order valence-corrected chi connectivity index (χ3v) is 5.60. The minimum Gasteiger partial charge on any atom is -0.481 e. The van der Waals surface area contributed by atoms with E-state index in [2.05, 4.69) is 22.8 Å². The molecule has 0 bridgehead atoms. The summed E-state index contributed by atoms with van der Waals surface area (Å²) >= 11 is 0. The largest absolute Gasteiger partial charge is 0.481 e. The van der Waals surface area contributed by atoms with Gasteiger partial charge in [0.05, 0.1) is 6.42 Å². The van der Waals surface area contributed by atoms with Gasteiger partial charge in [-0.2, -0.15) is 0 Å². The van der Waals surface area contributed by atoms with E-state index in [1.54, 1.807) is 6.92 Å². The highest BCUT2D eigenvalue weighted by molar-refractivity contribution is 5.89. The highest BCUT2D eigenvalue weighted by Gasteiger charge is 2.35. The van der Waals surface area contributed by atoms with E-state index in [-0.39, 0.29) is 25.5 Å². The van der Waals surface area contributed by atoms with Gasteiger partial charge in [-0.15, -0.1) is 0 Å². The average Bonchev–Trinajstić information content (AvgIpc) is 3.06. The van der Waals surface area contributed by atoms with E-state index >= 15 is 0 Å². The van der Waals surface area contributed by atoms with Crippen LogP contribution < -0.4 is 10.6 Å². The molecule has 1 aliphatic carbocycles. The van der Waals surface area contributed by atoms with Crippen LogP contribution >= 0.6 is 0 Å². The quantitative estimate of drug-likeness (QED) is 0.570. The zero-order chi connectivity index (χ0) is 22.4. The van der Waals surface area contributed by atoms with Crippen molar-refractivity contribution < 1.29 is 24.2 Å². The summed E-state index contributed by atoms with van der Waals surface area (Å²) in [6.07, 6.45) is 0.202. The summed E-state index contributed by atoms with van der Waals surface area (Å²) in [5.74, 6) is -1.49. The number of alkyl carbamates (subject to hydrolysis) is 1. The maximum Gasteiger partial charge on any atom is 0.408 e. The number of aliphatic carboxylic acids is 1. The van der Waals surface area contributed by atoms with E-state index in [9.17, 15) is 14.4 Å². The number of amides is 2. The highest BCUT2D eigenvalue weighted by atomic mass is 16.5. The van der Waals surface area contributed by atoms with Gasteiger partial charge in [-0.1, -0.05) is 61.9 Å². The molecule has 0 heterocycles. The first-order chi connectivity index (χ1) is 14.9. The Balaban J connectivity index is 1.66. The lowest BCUT2D eigenvalue weighted by Crippen LogP contribution is -2.57. The van der Waals surface area contributed by atoms with Crippen molar-refractivity contribution in [2.75, 3.05) is 13.2 Å². The molecule has 31 heavy (non-hydrogen) atoms. The van der Waals surface area contributed by atoms with Crippen molar-refractivity contribution in [1.82, 2.24) is 10.6 Å². The molecule has 0 radical (unpaired) electrons. The molecule has 0 spiro atoms. The van der Waals surface area contributed by atoms with Gasteiger partial charge in [0.2, 0.25) is 5.91 Å². The summed E-state index contributed by atoms with van der Waals surface area (Å²) in [4.78, 5) is 35.9. The first kappa shape index (κ1) is 22.3. The number of nitrogens with one attached hydrogen (secondary N) is 2. The maximum atomic E-state index is 12.6. The Kier molecular flexibility index (Phi) is 6.95. The van der Waals surface area contributed by atoms with Crippen LogP contribution in [-0.2, 0) is 14.3 Å². The summed E-state index contributed by atoms with van der Waals surface area (Å²) < 4.78 is 5.55. The van der Waals surface area contributed by atoms with Gasteiger partial charge in [-0.25, -0.2) is 4.79 Å². The third-order valence-electron chi connectivity index (χ3n) is 5.60. The first-order valence-electron chi connectivity index (χ1n) is 10.5. The van der Waals surface area contributed by atoms with Crippen LogP contribution in [-0.4, -0.2) is 41.8 Å². The third kappa shape index (κ3) is 5.05.